The Labute approximate surface area is 124 Å². The van der Waals surface area contributed by atoms with Crippen LogP contribution in [0, 0.1) is 10.1 Å². The van der Waals surface area contributed by atoms with Crippen molar-refractivity contribution in [1.29, 1.82) is 0 Å². The number of rotatable bonds is 5. The summed E-state index contributed by atoms with van der Waals surface area (Å²) in [6.45, 7) is 6.73. The van der Waals surface area contributed by atoms with E-state index in [0.717, 1.165) is 26.2 Å². The standard InChI is InChI=1S/C13H19N3O3.ClH/c1-11-10-14-6-7-15(11)8-9-19-13-4-2-12(3-5-13)16(17)18;/h2-5,11,14H,6-10H2,1H3;1H/t11-;/m0./s1. The predicted molar refractivity (Wildman–Crippen MR) is 79.7 cm³/mol. The van der Waals surface area contributed by atoms with Gasteiger partial charge in [-0.3, -0.25) is 15.0 Å². The molecule has 1 N–H and O–H groups in total. The molecular weight excluding hydrogens is 282 g/mol. The molecule has 0 aromatic heterocycles. The number of nitro benzene ring substituents is 1. The molecule has 1 heterocycles. The van der Waals surface area contributed by atoms with Crippen molar-refractivity contribution in [3.63, 3.8) is 0 Å². The predicted octanol–water partition coefficient (Wildman–Crippen LogP) is 1.69. The molecule has 1 fully saturated rings. The highest BCUT2D eigenvalue weighted by Crippen LogP contribution is 2.17. The van der Waals surface area contributed by atoms with Gasteiger partial charge in [-0.1, -0.05) is 0 Å². The van der Waals surface area contributed by atoms with Crippen LogP contribution in [0.3, 0.4) is 0 Å². The second kappa shape index (κ2) is 8.04. The number of ether oxygens (including phenoxy) is 1. The fourth-order valence-corrected chi connectivity index (χ4v) is 2.16. The van der Waals surface area contributed by atoms with Gasteiger partial charge in [0, 0.05) is 44.4 Å². The van der Waals surface area contributed by atoms with Crippen molar-refractivity contribution < 1.29 is 9.66 Å². The number of nitro groups is 1. The smallest absolute Gasteiger partial charge is 0.269 e. The van der Waals surface area contributed by atoms with Crippen molar-refractivity contribution >= 4 is 18.1 Å². The van der Waals surface area contributed by atoms with Crippen LogP contribution in [0.4, 0.5) is 5.69 Å². The summed E-state index contributed by atoms with van der Waals surface area (Å²) >= 11 is 0. The summed E-state index contributed by atoms with van der Waals surface area (Å²) in [4.78, 5) is 12.5. The van der Waals surface area contributed by atoms with Gasteiger partial charge >= 0.3 is 0 Å². The summed E-state index contributed by atoms with van der Waals surface area (Å²) in [6, 6.07) is 6.72. The van der Waals surface area contributed by atoms with E-state index in [4.69, 9.17) is 4.74 Å². The molecule has 112 valence electrons. The molecule has 2 rings (SSSR count). The molecule has 1 aromatic carbocycles. The third-order valence-electron chi connectivity index (χ3n) is 3.33. The van der Waals surface area contributed by atoms with Crippen LogP contribution in [0.25, 0.3) is 0 Å². The van der Waals surface area contributed by atoms with E-state index in [0.29, 0.717) is 18.4 Å². The summed E-state index contributed by atoms with van der Waals surface area (Å²) in [5.41, 5.74) is 0.0862. The van der Waals surface area contributed by atoms with Crippen molar-refractivity contribution in [2.24, 2.45) is 0 Å². The first-order valence-electron chi connectivity index (χ1n) is 6.49. The average molecular weight is 302 g/mol. The number of hydrogen-bond donors (Lipinski definition) is 1. The van der Waals surface area contributed by atoms with Gasteiger partial charge in [0.25, 0.3) is 5.69 Å². The molecule has 1 atom stereocenters. The molecule has 0 amide bonds. The zero-order valence-electron chi connectivity index (χ0n) is 11.4. The lowest BCUT2D eigenvalue weighted by atomic mass is 10.2. The molecule has 1 aliphatic heterocycles. The first kappa shape index (κ1) is 16.7. The van der Waals surface area contributed by atoms with Crippen molar-refractivity contribution in [2.45, 2.75) is 13.0 Å². The van der Waals surface area contributed by atoms with Crippen molar-refractivity contribution in [1.82, 2.24) is 10.2 Å². The lowest BCUT2D eigenvalue weighted by Crippen LogP contribution is -2.50. The zero-order chi connectivity index (χ0) is 13.7. The Morgan fingerprint density at radius 3 is 2.75 bits per heavy atom. The Morgan fingerprint density at radius 2 is 2.15 bits per heavy atom. The van der Waals surface area contributed by atoms with Crippen LogP contribution in [0.5, 0.6) is 5.75 Å². The first-order valence-corrected chi connectivity index (χ1v) is 6.49. The SMILES string of the molecule is C[C@H]1CNCCN1CCOc1ccc([N+](=O)[O-])cc1.Cl. The third-order valence-corrected chi connectivity index (χ3v) is 3.33. The average Bonchev–Trinajstić information content (AvgIpc) is 2.41. The van der Waals surface area contributed by atoms with E-state index < -0.39 is 4.92 Å². The molecule has 0 radical (unpaired) electrons. The van der Waals surface area contributed by atoms with Gasteiger partial charge in [0.05, 0.1) is 4.92 Å². The summed E-state index contributed by atoms with van der Waals surface area (Å²) in [6.07, 6.45) is 0. The number of hydrogen-bond acceptors (Lipinski definition) is 5. The maximum absolute atomic E-state index is 10.5. The molecule has 0 aliphatic carbocycles. The second-order valence-electron chi connectivity index (χ2n) is 4.69. The highest BCUT2D eigenvalue weighted by molar-refractivity contribution is 5.85. The van der Waals surface area contributed by atoms with Crippen molar-refractivity contribution in [3.8, 4) is 5.75 Å². The van der Waals surface area contributed by atoms with Gasteiger partial charge in [0.2, 0.25) is 0 Å². The van der Waals surface area contributed by atoms with Gasteiger partial charge in [-0.05, 0) is 19.1 Å². The van der Waals surface area contributed by atoms with E-state index in [1.807, 2.05) is 0 Å². The van der Waals surface area contributed by atoms with Crippen LogP contribution < -0.4 is 10.1 Å². The van der Waals surface area contributed by atoms with Crippen LogP contribution in [-0.4, -0.2) is 48.7 Å². The largest absolute Gasteiger partial charge is 0.492 e. The molecule has 1 saturated heterocycles. The van der Waals surface area contributed by atoms with Crippen LogP contribution in [0.1, 0.15) is 6.92 Å². The van der Waals surface area contributed by atoms with Crippen LogP contribution in [0.15, 0.2) is 24.3 Å². The molecule has 0 unspecified atom stereocenters. The molecule has 0 saturated carbocycles. The van der Waals surface area contributed by atoms with E-state index in [-0.39, 0.29) is 18.1 Å². The van der Waals surface area contributed by atoms with Crippen LogP contribution in [-0.2, 0) is 0 Å². The van der Waals surface area contributed by atoms with Gasteiger partial charge in [-0.25, -0.2) is 0 Å². The topological polar surface area (TPSA) is 67.6 Å². The summed E-state index contributed by atoms with van der Waals surface area (Å²) in [5.74, 6) is 0.674. The number of non-ortho nitro benzene ring substituents is 1. The lowest BCUT2D eigenvalue weighted by molar-refractivity contribution is -0.384. The Morgan fingerprint density at radius 1 is 1.45 bits per heavy atom. The minimum absolute atomic E-state index is 0. The van der Waals surface area contributed by atoms with Crippen molar-refractivity contribution in [2.75, 3.05) is 32.8 Å². The number of benzene rings is 1. The van der Waals surface area contributed by atoms with E-state index in [1.165, 1.54) is 12.1 Å². The molecule has 6 nitrogen and oxygen atoms in total. The quantitative estimate of drug-likeness (QED) is 0.662. The van der Waals surface area contributed by atoms with Gasteiger partial charge in [-0.2, -0.15) is 0 Å². The zero-order valence-corrected chi connectivity index (χ0v) is 12.3. The fraction of sp³-hybridized carbons (Fsp3) is 0.538. The molecule has 0 bridgehead atoms. The fourth-order valence-electron chi connectivity index (χ4n) is 2.16. The number of piperazine rings is 1. The van der Waals surface area contributed by atoms with E-state index in [1.54, 1.807) is 12.1 Å². The summed E-state index contributed by atoms with van der Waals surface area (Å²) in [5, 5.41) is 13.9. The molecular formula is C13H20ClN3O3. The van der Waals surface area contributed by atoms with Gasteiger partial charge in [0.1, 0.15) is 12.4 Å². The van der Waals surface area contributed by atoms with Crippen molar-refractivity contribution in [3.05, 3.63) is 34.4 Å². The van der Waals surface area contributed by atoms with Crippen LogP contribution >= 0.6 is 12.4 Å². The Bertz CT molecular complexity index is 427. The number of halogens is 1. The van der Waals surface area contributed by atoms with Gasteiger partial charge in [-0.15, -0.1) is 12.4 Å². The van der Waals surface area contributed by atoms with E-state index in [9.17, 15) is 10.1 Å². The highest BCUT2D eigenvalue weighted by Gasteiger charge is 2.17. The monoisotopic (exact) mass is 301 g/mol. The summed E-state index contributed by atoms with van der Waals surface area (Å²) in [7, 11) is 0. The number of nitrogens with one attached hydrogen (secondary N) is 1. The van der Waals surface area contributed by atoms with Gasteiger partial charge < -0.3 is 10.1 Å². The van der Waals surface area contributed by atoms with E-state index in [2.05, 4.69) is 17.1 Å². The highest BCUT2D eigenvalue weighted by atomic mass is 35.5. The lowest BCUT2D eigenvalue weighted by Gasteiger charge is -2.33. The maximum atomic E-state index is 10.5. The molecule has 1 aromatic rings. The number of nitrogens with zero attached hydrogens (tertiary/aromatic N) is 2. The Kier molecular flexibility index (Phi) is 6.70. The Balaban J connectivity index is 0.00000200. The molecule has 20 heavy (non-hydrogen) atoms. The normalized spacial score (nSPS) is 19.1. The second-order valence-corrected chi connectivity index (χ2v) is 4.69. The van der Waals surface area contributed by atoms with Crippen LogP contribution in [0.2, 0.25) is 0 Å². The van der Waals surface area contributed by atoms with Gasteiger partial charge in [0.15, 0.2) is 0 Å². The third kappa shape index (κ3) is 4.63. The minimum Gasteiger partial charge on any atom is -0.492 e. The maximum Gasteiger partial charge on any atom is 0.269 e. The Hall–Kier alpha value is -1.37. The summed E-state index contributed by atoms with van der Waals surface area (Å²) < 4.78 is 5.61. The molecule has 7 heteroatoms. The van der Waals surface area contributed by atoms with E-state index >= 15 is 0 Å². The minimum atomic E-state index is -0.411. The first-order chi connectivity index (χ1) is 9.16. The molecule has 0 spiro atoms. The molecule has 1 aliphatic rings.